The van der Waals surface area contributed by atoms with Gasteiger partial charge in [-0.15, -0.1) is 0 Å². The van der Waals surface area contributed by atoms with Crippen LogP contribution in [0.15, 0.2) is 48.5 Å². The largest absolute Gasteiger partial charge is 0.384 e. The van der Waals surface area contributed by atoms with Gasteiger partial charge in [-0.1, -0.05) is 30.3 Å². The second-order valence-corrected chi connectivity index (χ2v) is 4.55. The van der Waals surface area contributed by atoms with Crippen LogP contribution in [0.3, 0.4) is 0 Å². The summed E-state index contributed by atoms with van der Waals surface area (Å²) in [5.41, 5.74) is 3.20. The Morgan fingerprint density at radius 3 is 2.53 bits per heavy atom. The Balaban J connectivity index is 1.69. The van der Waals surface area contributed by atoms with Crippen LogP contribution in [0.1, 0.15) is 11.1 Å². The van der Waals surface area contributed by atoms with Crippen LogP contribution in [0.25, 0.3) is 0 Å². The van der Waals surface area contributed by atoms with E-state index in [2.05, 4.69) is 22.8 Å². The highest BCUT2D eigenvalue weighted by Crippen LogP contribution is 2.14. The van der Waals surface area contributed by atoms with Crippen LogP contribution in [-0.4, -0.2) is 13.1 Å². The van der Waals surface area contributed by atoms with Gasteiger partial charge in [0.2, 0.25) is 0 Å². The third-order valence-electron chi connectivity index (χ3n) is 2.98. The predicted molar refractivity (Wildman–Crippen MR) is 77.8 cm³/mol. The summed E-state index contributed by atoms with van der Waals surface area (Å²) in [6.07, 6.45) is 0. The number of halogens is 1. The van der Waals surface area contributed by atoms with E-state index in [-0.39, 0.29) is 5.82 Å². The number of benzene rings is 2. The van der Waals surface area contributed by atoms with Gasteiger partial charge in [-0.3, -0.25) is 0 Å². The van der Waals surface area contributed by atoms with Crippen molar-refractivity contribution >= 4 is 5.69 Å². The Bertz CT molecular complexity index is 511. The standard InChI is InChI=1S/C16H19FN2/c1-13-11-15(17)7-8-16(13)19-10-9-18-12-14-5-3-2-4-6-14/h2-8,11,18-19H,9-10,12H2,1H3. The number of rotatable bonds is 6. The van der Waals surface area contributed by atoms with Crippen molar-refractivity contribution < 1.29 is 4.39 Å². The topological polar surface area (TPSA) is 24.1 Å². The van der Waals surface area contributed by atoms with Gasteiger partial charge < -0.3 is 10.6 Å². The Kier molecular flexibility index (Phi) is 4.93. The molecule has 0 amide bonds. The first kappa shape index (κ1) is 13.6. The Morgan fingerprint density at radius 1 is 1.00 bits per heavy atom. The molecule has 2 rings (SSSR count). The molecule has 0 aliphatic carbocycles. The van der Waals surface area contributed by atoms with Crippen LogP contribution >= 0.6 is 0 Å². The summed E-state index contributed by atoms with van der Waals surface area (Å²) in [5, 5.41) is 6.66. The lowest BCUT2D eigenvalue weighted by atomic mass is 10.2. The van der Waals surface area contributed by atoms with E-state index < -0.39 is 0 Å². The van der Waals surface area contributed by atoms with Crippen molar-refractivity contribution in [3.8, 4) is 0 Å². The van der Waals surface area contributed by atoms with E-state index in [9.17, 15) is 4.39 Å². The maximum absolute atomic E-state index is 12.9. The quantitative estimate of drug-likeness (QED) is 0.777. The number of anilines is 1. The second kappa shape index (κ2) is 6.90. The molecule has 0 aliphatic heterocycles. The van der Waals surface area contributed by atoms with Crippen molar-refractivity contribution in [2.45, 2.75) is 13.5 Å². The maximum Gasteiger partial charge on any atom is 0.123 e. The molecule has 0 radical (unpaired) electrons. The summed E-state index contributed by atoms with van der Waals surface area (Å²) < 4.78 is 12.9. The van der Waals surface area contributed by atoms with E-state index in [1.165, 1.54) is 11.6 Å². The van der Waals surface area contributed by atoms with Crippen LogP contribution in [0, 0.1) is 12.7 Å². The molecule has 2 aromatic rings. The molecule has 19 heavy (non-hydrogen) atoms. The molecule has 0 saturated carbocycles. The fourth-order valence-electron chi connectivity index (χ4n) is 1.94. The molecule has 2 nitrogen and oxygen atoms in total. The van der Waals surface area contributed by atoms with E-state index in [1.807, 2.05) is 25.1 Å². The maximum atomic E-state index is 12.9. The van der Waals surface area contributed by atoms with Crippen molar-refractivity contribution in [2.24, 2.45) is 0 Å². The summed E-state index contributed by atoms with van der Waals surface area (Å²) in [4.78, 5) is 0. The third-order valence-corrected chi connectivity index (χ3v) is 2.98. The Morgan fingerprint density at radius 2 is 1.79 bits per heavy atom. The van der Waals surface area contributed by atoms with Crippen molar-refractivity contribution in [2.75, 3.05) is 18.4 Å². The first-order valence-electron chi connectivity index (χ1n) is 6.50. The highest BCUT2D eigenvalue weighted by Gasteiger charge is 1.98. The van der Waals surface area contributed by atoms with Crippen molar-refractivity contribution in [1.29, 1.82) is 0 Å². The summed E-state index contributed by atoms with van der Waals surface area (Å²) in [5.74, 6) is -0.190. The molecule has 0 spiro atoms. The molecule has 0 fully saturated rings. The molecule has 0 saturated heterocycles. The SMILES string of the molecule is Cc1cc(F)ccc1NCCNCc1ccccc1. The highest BCUT2D eigenvalue weighted by molar-refractivity contribution is 5.50. The van der Waals surface area contributed by atoms with E-state index in [0.717, 1.165) is 30.9 Å². The highest BCUT2D eigenvalue weighted by atomic mass is 19.1. The fourth-order valence-corrected chi connectivity index (χ4v) is 1.94. The van der Waals surface area contributed by atoms with E-state index in [4.69, 9.17) is 0 Å². The summed E-state index contributed by atoms with van der Waals surface area (Å²) in [7, 11) is 0. The van der Waals surface area contributed by atoms with Gasteiger partial charge in [0.15, 0.2) is 0 Å². The van der Waals surface area contributed by atoms with Gasteiger partial charge in [0.05, 0.1) is 0 Å². The average Bonchev–Trinajstić information content (AvgIpc) is 2.42. The van der Waals surface area contributed by atoms with Crippen LogP contribution in [0.2, 0.25) is 0 Å². The molecule has 3 heteroatoms. The first-order valence-corrected chi connectivity index (χ1v) is 6.50. The van der Waals surface area contributed by atoms with Gasteiger partial charge in [-0.2, -0.15) is 0 Å². The summed E-state index contributed by atoms with van der Waals surface area (Å²) in [6, 6.07) is 15.1. The molecule has 100 valence electrons. The molecular weight excluding hydrogens is 239 g/mol. The number of hydrogen-bond acceptors (Lipinski definition) is 2. The van der Waals surface area contributed by atoms with E-state index in [0.29, 0.717) is 0 Å². The van der Waals surface area contributed by atoms with Crippen LogP contribution in [0.5, 0.6) is 0 Å². The Hall–Kier alpha value is -1.87. The molecule has 2 aromatic carbocycles. The van der Waals surface area contributed by atoms with Gasteiger partial charge in [0.25, 0.3) is 0 Å². The van der Waals surface area contributed by atoms with E-state index in [1.54, 1.807) is 12.1 Å². The zero-order chi connectivity index (χ0) is 13.5. The molecular formula is C16H19FN2. The van der Waals surface area contributed by atoms with Crippen molar-refractivity contribution in [1.82, 2.24) is 5.32 Å². The van der Waals surface area contributed by atoms with Gasteiger partial charge in [-0.25, -0.2) is 4.39 Å². The monoisotopic (exact) mass is 258 g/mol. The molecule has 2 N–H and O–H groups in total. The summed E-state index contributed by atoms with van der Waals surface area (Å²) >= 11 is 0. The van der Waals surface area contributed by atoms with Crippen molar-refractivity contribution in [3.05, 3.63) is 65.5 Å². The lowest BCUT2D eigenvalue weighted by molar-refractivity contribution is 0.626. The molecule has 0 atom stereocenters. The number of aryl methyl sites for hydroxylation is 1. The lowest BCUT2D eigenvalue weighted by Gasteiger charge is -2.10. The van der Waals surface area contributed by atoms with Gasteiger partial charge in [0.1, 0.15) is 5.82 Å². The van der Waals surface area contributed by atoms with Gasteiger partial charge >= 0.3 is 0 Å². The Labute approximate surface area is 113 Å². The normalized spacial score (nSPS) is 10.4. The molecule has 0 aromatic heterocycles. The van der Waals surface area contributed by atoms with Crippen LogP contribution < -0.4 is 10.6 Å². The van der Waals surface area contributed by atoms with E-state index >= 15 is 0 Å². The van der Waals surface area contributed by atoms with Crippen LogP contribution in [0.4, 0.5) is 10.1 Å². The molecule has 0 heterocycles. The van der Waals surface area contributed by atoms with Gasteiger partial charge in [-0.05, 0) is 36.2 Å². The fraction of sp³-hybridized carbons (Fsp3) is 0.250. The average molecular weight is 258 g/mol. The van der Waals surface area contributed by atoms with Crippen LogP contribution in [-0.2, 0) is 6.54 Å². The van der Waals surface area contributed by atoms with Crippen molar-refractivity contribution in [3.63, 3.8) is 0 Å². The molecule has 0 unspecified atom stereocenters. The minimum absolute atomic E-state index is 0.190. The molecule has 0 aliphatic rings. The zero-order valence-corrected chi connectivity index (χ0v) is 11.1. The lowest BCUT2D eigenvalue weighted by Crippen LogP contribution is -2.22. The minimum Gasteiger partial charge on any atom is -0.384 e. The van der Waals surface area contributed by atoms with Gasteiger partial charge in [0, 0.05) is 25.3 Å². The number of hydrogen-bond donors (Lipinski definition) is 2. The zero-order valence-electron chi connectivity index (χ0n) is 11.1. The predicted octanol–water partition coefficient (Wildman–Crippen LogP) is 3.34. The summed E-state index contributed by atoms with van der Waals surface area (Å²) in [6.45, 7) is 4.46. The molecule has 0 bridgehead atoms. The minimum atomic E-state index is -0.190. The smallest absolute Gasteiger partial charge is 0.123 e. The second-order valence-electron chi connectivity index (χ2n) is 4.55. The first-order chi connectivity index (χ1) is 9.25. The third kappa shape index (κ3) is 4.38. The number of nitrogens with one attached hydrogen (secondary N) is 2.